The number of hydrogen-bond acceptors (Lipinski definition) is 6. The number of nitrogens with zero attached hydrogens (tertiary/aromatic N) is 1. The quantitative estimate of drug-likeness (QED) is 0.389. The molecule has 0 bridgehead atoms. The molecule has 2 heterocycles. The minimum absolute atomic E-state index is 0.363. The van der Waals surface area contributed by atoms with Crippen molar-refractivity contribution in [3.8, 4) is 11.5 Å². The molecule has 0 unspecified atom stereocenters. The first-order chi connectivity index (χ1) is 12.6. The second-order valence-corrected chi connectivity index (χ2v) is 8.07. The van der Waals surface area contributed by atoms with Crippen molar-refractivity contribution in [2.24, 2.45) is 5.92 Å². The van der Waals surface area contributed by atoms with E-state index in [0.717, 1.165) is 29.5 Å². The van der Waals surface area contributed by atoms with Crippen molar-refractivity contribution >= 4 is 34.2 Å². The molecule has 1 aromatic rings. The molecule has 1 saturated heterocycles. The summed E-state index contributed by atoms with van der Waals surface area (Å²) in [7, 11) is 0. The molecule has 0 radical (unpaired) electrons. The maximum absolute atomic E-state index is 12.6. The van der Waals surface area contributed by atoms with Gasteiger partial charge in [-0.1, -0.05) is 13.3 Å². The van der Waals surface area contributed by atoms with E-state index >= 15 is 0 Å². The van der Waals surface area contributed by atoms with Crippen molar-refractivity contribution in [1.82, 2.24) is 4.90 Å². The molecule has 26 heavy (non-hydrogen) atoms. The monoisotopic (exact) mass is 472 g/mol. The van der Waals surface area contributed by atoms with Crippen LogP contribution in [0, 0.1) is 9.49 Å². The second-order valence-electron chi connectivity index (χ2n) is 6.91. The van der Waals surface area contributed by atoms with Gasteiger partial charge in [0, 0.05) is 3.57 Å². The number of halogens is 1. The van der Waals surface area contributed by atoms with E-state index in [0.29, 0.717) is 48.5 Å². The molecule has 2 aliphatic rings. The first-order valence-corrected chi connectivity index (χ1v) is 10.4. The highest BCUT2D eigenvalue weighted by Gasteiger charge is 2.27. The topological polar surface area (TPSA) is 74.0 Å². The van der Waals surface area contributed by atoms with Gasteiger partial charge in [-0.15, -0.1) is 0 Å². The van der Waals surface area contributed by atoms with E-state index in [2.05, 4.69) is 34.4 Å². The van der Waals surface area contributed by atoms with Gasteiger partial charge in [-0.25, -0.2) is 4.79 Å². The molecular weight excluding hydrogens is 445 g/mol. The predicted octanol–water partition coefficient (Wildman–Crippen LogP) is 3.31. The Morgan fingerprint density at radius 3 is 2.69 bits per heavy atom. The third-order valence-corrected chi connectivity index (χ3v) is 5.90. The van der Waals surface area contributed by atoms with Gasteiger partial charge in [-0.3, -0.25) is 0 Å². The first-order valence-electron chi connectivity index (χ1n) is 9.37. The number of rotatable bonds is 6. The summed E-state index contributed by atoms with van der Waals surface area (Å²) in [5.74, 6) is 0.934. The van der Waals surface area contributed by atoms with E-state index < -0.39 is 0 Å². The Hall–Kier alpha value is -1.22. The van der Waals surface area contributed by atoms with Crippen molar-refractivity contribution < 1.29 is 19.0 Å². The number of nitrogens with two attached hydrogens (primary N) is 1. The number of hydrogen-bond donors (Lipinski definition) is 1. The van der Waals surface area contributed by atoms with Crippen LogP contribution in [0.1, 0.15) is 43.0 Å². The van der Waals surface area contributed by atoms with Crippen LogP contribution < -0.4 is 15.2 Å². The number of benzene rings is 1. The Morgan fingerprint density at radius 1 is 1.31 bits per heavy atom. The molecule has 0 amide bonds. The van der Waals surface area contributed by atoms with Gasteiger partial charge < -0.3 is 24.8 Å². The summed E-state index contributed by atoms with van der Waals surface area (Å²) in [5, 5.41) is 0. The van der Waals surface area contributed by atoms with E-state index in [1.807, 2.05) is 0 Å². The zero-order chi connectivity index (χ0) is 18.5. The van der Waals surface area contributed by atoms with E-state index in [1.165, 1.54) is 19.4 Å². The van der Waals surface area contributed by atoms with Gasteiger partial charge in [-0.05, 0) is 73.5 Å². The lowest BCUT2D eigenvalue weighted by Gasteiger charge is -2.31. The van der Waals surface area contributed by atoms with E-state index in [9.17, 15) is 4.79 Å². The van der Waals surface area contributed by atoms with Crippen molar-refractivity contribution in [2.45, 2.75) is 32.6 Å². The van der Waals surface area contributed by atoms with E-state index in [4.69, 9.17) is 19.9 Å². The standard InChI is InChI=1S/C19H27IN2O4/c1-2-3-6-22-7-4-13(5-8-22)12-26-19(23)14-11-15(20)16(21)18-17(14)24-9-10-25-18/h11,13H,2-10,12,21H2,1H3/i20-2. The largest absolute Gasteiger partial charge is 0.485 e. The number of anilines is 1. The van der Waals surface area contributed by atoms with Crippen LogP contribution in [-0.4, -0.2) is 50.3 Å². The van der Waals surface area contributed by atoms with Gasteiger partial charge in [0.25, 0.3) is 0 Å². The minimum atomic E-state index is -0.363. The van der Waals surface area contributed by atoms with Gasteiger partial charge in [-0.2, -0.15) is 0 Å². The summed E-state index contributed by atoms with van der Waals surface area (Å²) >= 11 is 2.10. The van der Waals surface area contributed by atoms with E-state index in [-0.39, 0.29) is 5.97 Å². The fourth-order valence-electron chi connectivity index (χ4n) is 3.38. The maximum atomic E-state index is 12.6. The number of likely N-dealkylation sites (tertiary alicyclic amines) is 1. The molecular formula is C19H27IN2O4. The fourth-order valence-corrected chi connectivity index (χ4v) is 3.93. The molecule has 0 aromatic heterocycles. The molecule has 144 valence electrons. The summed E-state index contributed by atoms with van der Waals surface area (Å²) < 4.78 is 17.6. The van der Waals surface area contributed by atoms with Crippen LogP contribution in [0.4, 0.5) is 5.69 Å². The van der Waals surface area contributed by atoms with Crippen LogP contribution >= 0.6 is 22.6 Å². The zero-order valence-corrected chi connectivity index (χ0v) is 17.4. The Labute approximate surface area is 168 Å². The Kier molecular flexibility index (Phi) is 6.86. The molecule has 2 N–H and O–H groups in total. The van der Waals surface area contributed by atoms with Crippen molar-refractivity contribution in [1.29, 1.82) is 0 Å². The number of carbonyl (C=O) groups is 1. The third kappa shape index (κ3) is 4.54. The number of unbranched alkanes of at least 4 members (excludes halogenated alkanes) is 1. The molecule has 0 saturated carbocycles. The van der Waals surface area contributed by atoms with Crippen molar-refractivity contribution in [3.05, 3.63) is 15.2 Å². The van der Waals surface area contributed by atoms with Gasteiger partial charge >= 0.3 is 5.97 Å². The highest BCUT2D eigenvalue weighted by atomic mass is 125. The molecule has 1 fully saturated rings. The molecule has 1 aromatic carbocycles. The summed E-state index contributed by atoms with van der Waals surface area (Å²) in [5.41, 5.74) is 6.95. The van der Waals surface area contributed by atoms with E-state index in [1.54, 1.807) is 6.07 Å². The number of ether oxygens (including phenoxy) is 3. The molecule has 0 atom stereocenters. The number of fused-ring (bicyclic) bond motifs is 1. The molecule has 7 heteroatoms. The smallest absolute Gasteiger partial charge is 0.342 e. The predicted molar refractivity (Wildman–Crippen MR) is 109 cm³/mol. The molecule has 6 nitrogen and oxygen atoms in total. The molecule has 3 rings (SSSR count). The lowest BCUT2D eigenvalue weighted by atomic mass is 9.97. The molecule has 0 spiro atoms. The van der Waals surface area contributed by atoms with Crippen LogP contribution in [0.15, 0.2) is 6.07 Å². The third-order valence-electron chi connectivity index (χ3n) is 5.01. The summed E-state index contributed by atoms with van der Waals surface area (Å²) in [4.78, 5) is 15.1. The second kappa shape index (κ2) is 9.12. The zero-order valence-electron chi connectivity index (χ0n) is 15.3. The summed E-state index contributed by atoms with van der Waals surface area (Å²) in [6.07, 6.45) is 4.64. The van der Waals surface area contributed by atoms with Gasteiger partial charge in [0.2, 0.25) is 0 Å². The molecule has 2 aliphatic heterocycles. The SMILES string of the molecule is CCCCN1CCC(COC(=O)c2cc([125I])c(N)c3c2OCCO3)CC1. The number of nitrogen functional groups attached to an aromatic ring is 1. The Bertz CT molecular complexity index is 645. The summed E-state index contributed by atoms with van der Waals surface area (Å²) in [6.45, 7) is 6.88. The van der Waals surface area contributed by atoms with Crippen molar-refractivity contribution in [2.75, 3.05) is 45.2 Å². The number of esters is 1. The Morgan fingerprint density at radius 2 is 2.00 bits per heavy atom. The van der Waals surface area contributed by atoms with Crippen LogP contribution in [0.3, 0.4) is 0 Å². The maximum Gasteiger partial charge on any atom is 0.342 e. The highest BCUT2D eigenvalue weighted by molar-refractivity contribution is 14.1. The Balaban J connectivity index is 1.57. The van der Waals surface area contributed by atoms with Gasteiger partial charge in [0.15, 0.2) is 11.5 Å². The summed E-state index contributed by atoms with van der Waals surface area (Å²) in [6, 6.07) is 1.72. The highest BCUT2D eigenvalue weighted by Crippen LogP contribution is 2.42. The number of piperidine rings is 1. The normalized spacial score (nSPS) is 17.9. The van der Waals surface area contributed by atoms with Crippen LogP contribution in [0.25, 0.3) is 0 Å². The average Bonchev–Trinajstić information content (AvgIpc) is 2.68. The minimum Gasteiger partial charge on any atom is -0.485 e. The first kappa shape index (κ1) is 19.5. The van der Waals surface area contributed by atoms with Crippen LogP contribution in [0.2, 0.25) is 0 Å². The molecule has 0 aliphatic carbocycles. The lowest BCUT2D eigenvalue weighted by molar-refractivity contribution is 0.0364. The van der Waals surface area contributed by atoms with Crippen LogP contribution in [-0.2, 0) is 4.74 Å². The number of carbonyl (C=O) groups excluding carboxylic acids is 1. The fraction of sp³-hybridized carbons (Fsp3) is 0.632. The lowest BCUT2D eigenvalue weighted by Crippen LogP contribution is -2.36. The van der Waals surface area contributed by atoms with Gasteiger partial charge in [0.1, 0.15) is 18.8 Å². The van der Waals surface area contributed by atoms with Gasteiger partial charge in [0.05, 0.1) is 12.3 Å². The average molecular weight is 472 g/mol. The van der Waals surface area contributed by atoms with Crippen molar-refractivity contribution in [3.63, 3.8) is 0 Å². The van der Waals surface area contributed by atoms with Crippen LogP contribution in [0.5, 0.6) is 11.5 Å².